The molecule has 34 heavy (non-hydrogen) atoms. The minimum atomic E-state index is -0.615. The van der Waals surface area contributed by atoms with Crippen LogP contribution in [0.2, 0.25) is 5.02 Å². The lowest BCUT2D eigenvalue weighted by molar-refractivity contribution is -0.113. The smallest absolute Gasteiger partial charge is 0.255 e. The standard InChI is InChI=1S/C26H20ClN3O2S2/c1-16(31)22-21(13-14-28)34-26(29-17-8-3-2-4-9-17)24(23(22)20-12-7-15-33-20)25(32)30-19-11-6-5-10-18(19)27/h2-12,15,23,29H,13H2,1H3,(H,30,32)/t23-/m0/s1. The number of allylic oxidation sites excluding steroid dienone is 2. The van der Waals surface area contributed by atoms with Crippen LogP contribution in [0.25, 0.3) is 0 Å². The molecule has 1 amide bonds. The van der Waals surface area contributed by atoms with Crippen molar-refractivity contribution >= 4 is 57.8 Å². The van der Waals surface area contributed by atoms with Crippen LogP contribution in [0.1, 0.15) is 24.1 Å². The highest BCUT2D eigenvalue weighted by Gasteiger charge is 2.38. The second kappa shape index (κ2) is 10.7. The highest BCUT2D eigenvalue weighted by Crippen LogP contribution is 2.49. The molecule has 0 saturated carbocycles. The Bertz CT molecular complexity index is 1330. The summed E-state index contributed by atoms with van der Waals surface area (Å²) in [7, 11) is 0. The number of nitrogens with one attached hydrogen (secondary N) is 2. The summed E-state index contributed by atoms with van der Waals surface area (Å²) in [5.74, 6) is -1.15. The Morgan fingerprint density at radius 2 is 1.76 bits per heavy atom. The van der Waals surface area contributed by atoms with Crippen molar-refractivity contribution in [2.24, 2.45) is 0 Å². The van der Waals surface area contributed by atoms with E-state index in [1.54, 1.807) is 24.3 Å². The topological polar surface area (TPSA) is 82.0 Å². The van der Waals surface area contributed by atoms with Crippen molar-refractivity contribution in [3.63, 3.8) is 0 Å². The summed E-state index contributed by atoms with van der Waals surface area (Å²) in [6.07, 6.45) is 0.0703. The molecule has 1 aliphatic rings. The molecule has 0 fully saturated rings. The number of halogens is 1. The van der Waals surface area contributed by atoms with Gasteiger partial charge in [0.25, 0.3) is 5.91 Å². The van der Waals surface area contributed by atoms with Crippen molar-refractivity contribution in [2.75, 3.05) is 10.6 Å². The number of nitrogens with zero attached hydrogens (tertiary/aromatic N) is 1. The normalized spacial score (nSPS) is 15.6. The van der Waals surface area contributed by atoms with Gasteiger partial charge >= 0.3 is 0 Å². The molecule has 1 aliphatic heterocycles. The van der Waals surface area contributed by atoms with Gasteiger partial charge in [0.15, 0.2) is 5.78 Å². The Hall–Kier alpha value is -3.31. The average Bonchev–Trinajstić information content (AvgIpc) is 3.35. The molecule has 0 bridgehead atoms. The number of amides is 1. The molecule has 2 N–H and O–H groups in total. The Morgan fingerprint density at radius 1 is 1.03 bits per heavy atom. The first-order valence-electron chi connectivity index (χ1n) is 10.4. The van der Waals surface area contributed by atoms with Gasteiger partial charge in [-0.1, -0.05) is 59.8 Å². The minimum absolute atomic E-state index is 0.0703. The van der Waals surface area contributed by atoms with Gasteiger partial charge in [-0.25, -0.2) is 0 Å². The fourth-order valence-corrected chi connectivity index (χ4v) is 6.01. The van der Waals surface area contributed by atoms with Crippen molar-refractivity contribution in [2.45, 2.75) is 19.3 Å². The second-order valence-electron chi connectivity index (χ2n) is 7.45. The first kappa shape index (κ1) is 23.8. The highest BCUT2D eigenvalue weighted by molar-refractivity contribution is 8.07. The van der Waals surface area contributed by atoms with Gasteiger partial charge < -0.3 is 10.6 Å². The van der Waals surface area contributed by atoms with E-state index >= 15 is 0 Å². The lowest BCUT2D eigenvalue weighted by Gasteiger charge is -2.30. The van der Waals surface area contributed by atoms with E-state index in [0.717, 1.165) is 10.6 Å². The third kappa shape index (κ3) is 5.10. The van der Waals surface area contributed by atoms with Crippen LogP contribution in [-0.2, 0) is 9.59 Å². The lowest BCUT2D eigenvalue weighted by atomic mass is 9.85. The summed E-state index contributed by atoms with van der Waals surface area (Å²) in [4.78, 5) is 28.1. The molecule has 0 saturated heterocycles. The number of ketones is 1. The summed E-state index contributed by atoms with van der Waals surface area (Å²) in [6, 6.07) is 22.4. The molecule has 2 aromatic carbocycles. The second-order valence-corrected chi connectivity index (χ2v) is 9.94. The molecular weight excluding hydrogens is 486 g/mol. The summed E-state index contributed by atoms with van der Waals surface area (Å²) < 4.78 is 0. The molecule has 3 aromatic rings. The molecule has 8 heteroatoms. The molecular formula is C26H20ClN3O2S2. The number of rotatable bonds is 7. The average molecular weight is 506 g/mol. The van der Waals surface area contributed by atoms with Crippen LogP contribution in [0.15, 0.2) is 93.2 Å². The summed E-state index contributed by atoms with van der Waals surface area (Å²) >= 11 is 9.02. The van der Waals surface area contributed by atoms with Gasteiger partial charge in [-0.3, -0.25) is 9.59 Å². The van der Waals surface area contributed by atoms with E-state index in [9.17, 15) is 14.9 Å². The number of para-hydroxylation sites is 2. The zero-order chi connectivity index (χ0) is 24.1. The number of thioether (sulfide) groups is 1. The van der Waals surface area contributed by atoms with Gasteiger partial charge in [0.05, 0.1) is 39.7 Å². The molecule has 1 atom stereocenters. The summed E-state index contributed by atoms with van der Waals surface area (Å²) in [6.45, 7) is 1.48. The van der Waals surface area contributed by atoms with Gasteiger partial charge in [-0.15, -0.1) is 11.3 Å². The van der Waals surface area contributed by atoms with Crippen LogP contribution in [0.3, 0.4) is 0 Å². The molecule has 0 aliphatic carbocycles. The molecule has 0 radical (unpaired) electrons. The number of anilines is 2. The van der Waals surface area contributed by atoms with E-state index in [2.05, 4.69) is 16.7 Å². The van der Waals surface area contributed by atoms with Crippen molar-refractivity contribution in [1.29, 1.82) is 5.26 Å². The molecule has 0 spiro atoms. The maximum Gasteiger partial charge on any atom is 0.255 e. The Morgan fingerprint density at radius 3 is 2.41 bits per heavy atom. The fraction of sp³-hybridized carbons (Fsp3) is 0.115. The monoisotopic (exact) mass is 505 g/mol. The summed E-state index contributed by atoms with van der Waals surface area (Å²) in [5.41, 5.74) is 2.15. The maximum atomic E-state index is 13.8. The predicted molar refractivity (Wildman–Crippen MR) is 140 cm³/mol. The number of Topliss-reactive ketones (excluding diaryl/α,β-unsaturated/α-hetero) is 1. The van der Waals surface area contributed by atoms with Gasteiger partial charge in [0.2, 0.25) is 0 Å². The van der Waals surface area contributed by atoms with E-state index in [0.29, 0.717) is 31.8 Å². The van der Waals surface area contributed by atoms with Gasteiger partial charge in [0.1, 0.15) is 0 Å². The first-order chi connectivity index (χ1) is 16.5. The quantitative estimate of drug-likeness (QED) is 0.363. The molecule has 1 aromatic heterocycles. The molecule has 170 valence electrons. The number of hydrogen-bond acceptors (Lipinski definition) is 6. The first-order valence-corrected chi connectivity index (χ1v) is 12.5. The largest absolute Gasteiger partial charge is 0.350 e. The number of carbonyl (C=O) groups is 2. The van der Waals surface area contributed by atoms with Crippen LogP contribution >= 0.6 is 34.7 Å². The van der Waals surface area contributed by atoms with Crippen LogP contribution in [0.5, 0.6) is 0 Å². The van der Waals surface area contributed by atoms with Crippen molar-refractivity contribution < 1.29 is 9.59 Å². The molecule has 5 nitrogen and oxygen atoms in total. The van der Waals surface area contributed by atoms with Crippen LogP contribution in [-0.4, -0.2) is 11.7 Å². The van der Waals surface area contributed by atoms with E-state index in [1.165, 1.54) is 30.0 Å². The van der Waals surface area contributed by atoms with Crippen molar-refractivity contribution in [1.82, 2.24) is 0 Å². The van der Waals surface area contributed by atoms with E-state index in [-0.39, 0.29) is 18.1 Å². The predicted octanol–water partition coefficient (Wildman–Crippen LogP) is 6.95. The zero-order valence-corrected chi connectivity index (χ0v) is 20.6. The van der Waals surface area contributed by atoms with Crippen LogP contribution in [0, 0.1) is 11.3 Å². The Balaban J connectivity index is 1.89. The maximum absolute atomic E-state index is 13.8. The fourth-order valence-electron chi connectivity index (χ4n) is 3.74. The number of hydrogen-bond donors (Lipinski definition) is 2. The van der Waals surface area contributed by atoms with Crippen molar-refractivity contribution in [3.8, 4) is 6.07 Å². The number of thiophene rings is 1. The van der Waals surface area contributed by atoms with Gasteiger partial charge in [0, 0.05) is 21.0 Å². The number of benzene rings is 2. The zero-order valence-electron chi connectivity index (χ0n) is 18.2. The van der Waals surface area contributed by atoms with Crippen LogP contribution < -0.4 is 10.6 Å². The Labute approximate surface area is 211 Å². The molecule has 4 rings (SSSR count). The van der Waals surface area contributed by atoms with Crippen LogP contribution in [0.4, 0.5) is 11.4 Å². The summed E-state index contributed by atoms with van der Waals surface area (Å²) in [5, 5.41) is 18.6. The minimum Gasteiger partial charge on any atom is -0.350 e. The van der Waals surface area contributed by atoms with E-state index in [4.69, 9.17) is 11.6 Å². The van der Waals surface area contributed by atoms with Crippen molar-refractivity contribution in [3.05, 3.63) is 103 Å². The third-order valence-corrected chi connectivity index (χ3v) is 7.60. The molecule has 2 heterocycles. The lowest BCUT2D eigenvalue weighted by Crippen LogP contribution is -2.28. The van der Waals surface area contributed by atoms with Gasteiger partial charge in [-0.05, 0) is 42.6 Å². The third-order valence-electron chi connectivity index (χ3n) is 5.19. The van der Waals surface area contributed by atoms with E-state index in [1.807, 2.05) is 47.8 Å². The number of nitriles is 1. The molecule has 0 unspecified atom stereocenters. The van der Waals surface area contributed by atoms with Gasteiger partial charge in [-0.2, -0.15) is 5.26 Å². The highest BCUT2D eigenvalue weighted by atomic mass is 35.5. The SMILES string of the molecule is CC(=O)C1=C(CC#N)SC(Nc2ccccc2)=C(C(=O)Nc2ccccc2Cl)[C@H]1c1cccs1. The number of carbonyl (C=O) groups excluding carboxylic acids is 2. The Kier molecular flexibility index (Phi) is 7.53. The van der Waals surface area contributed by atoms with E-state index < -0.39 is 5.92 Å².